The monoisotopic (exact) mass is 436 g/mol. The molecule has 0 spiro atoms. The van der Waals surface area contributed by atoms with E-state index in [0.717, 1.165) is 37.1 Å². The number of hydrogen-bond donors (Lipinski definition) is 2. The molecule has 0 aliphatic heterocycles. The first-order valence-electron chi connectivity index (χ1n) is 11.0. The molecule has 0 unspecified atom stereocenters. The molecule has 2 aromatic heterocycles. The van der Waals surface area contributed by atoms with Gasteiger partial charge in [-0.15, -0.1) is 0 Å². The van der Waals surface area contributed by atoms with Crippen LogP contribution in [-0.2, 0) is 13.0 Å². The van der Waals surface area contributed by atoms with Gasteiger partial charge >= 0.3 is 0 Å². The summed E-state index contributed by atoms with van der Waals surface area (Å²) in [5, 5.41) is 17.7. The number of halogens is 1. The summed E-state index contributed by atoms with van der Waals surface area (Å²) in [4.78, 5) is 18.0. The lowest BCUT2D eigenvalue weighted by Crippen LogP contribution is -2.26. The fourth-order valence-corrected chi connectivity index (χ4v) is 4.63. The maximum absolute atomic E-state index is 13.0. The molecule has 1 aliphatic rings. The van der Waals surface area contributed by atoms with E-state index in [1.807, 2.05) is 37.3 Å². The molecule has 0 radical (unpaired) electrons. The molecule has 4 rings (SSSR count). The zero-order valence-corrected chi connectivity index (χ0v) is 18.5. The maximum Gasteiger partial charge on any atom is 0.253 e. The molecule has 2 heterocycles. The van der Waals surface area contributed by atoms with Crippen LogP contribution in [0, 0.1) is 24.7 Å². The molecule has 3 aromatic rings. The zero-order chi connectivity index (χ0) is 22.7. The molecule has 1 aromatic carbocycles. The van der Waals surface area contributed by atoms with Crippen molar-refractivity contribution in [1.82, 2.24) is 20.1 Å². The van der Waals surface area contributed by atoms with Gasteiger partial charge < -0.3 is 10.0 Å². The van der Waals surface area contributed by atoms with Gasteiger partial charge in [0.25, 0.3) is 5.91 Å². The Morgan fingerprint density at radius 3 is 2.69 bits per heavy atom. The van der Waals surface area contributed by atoms with Gasteiger partial charge in [-0.05, 0) is 79.8 Å². The molecule has 3 atom stereocenters. The third kappa shape index (κ3) is 5.22. The normalized spacial score (nSPS) is 19.1. The Bertz CT molecular complexity index is 1050. The lowest BCUT2D eigenvalue weighted by Gasteiger charge is -2.19. The smallest absolute Gasteiger partial charge is 0.253 e. The molecule has 0 bridgehead atoms. The van der Waals surface area contributed by atoms with Crippen molar-refractivity contribution in [3.63, 3.8) is 0 Å². The van der Waals surface area contributed by atoms with E-state index < -0.39 is 12.1 Å². The van der Waals surface area contributed by atoms with Crippen LogP contribution in [0.15, 0.2) is 48.7 Å². The fraction of sp³-hybridized carbons (Fsp3) is 0.400. The predicted molar refractivity (Wildman–Crippen MR) is 119 cm³/mol. The summed E-state index contributed by atoms with van der Waals surface area (Å²) in [6.07, 6.45) is 4.64. The van der Waals surface area contributed by atoms with Crippen molar-refractivity contribution in [2.24, 2.45) is 11.8 Å². The molecule has 1 aliphatic carbocycles. The Morgan fingerprint density at radius 1 is 1.25 bits per heavy atom. The number of benzene rings is 1. The van der Waals surface area contributed by atoms with Crippen LogP contribution in [0.4, 0.5) is 4.39 Å². The van der Waals surface area contributed by atoms with E-state index in [2.05, 4.69) is 15.2 Å². The van der Waals surface area contributed by atoms with Gasteiger partial charge in [-0.2, -0.15) is 9.49 Å². The van der Waals surface area contributed by atoms with Gasteiger partial charge in [0.1, 0.15) is 0 Å². The number of aromatic amines is 1. The Morgan fingerprint density at radius 2 is 2.03 bits per heavy atom. The van der Waals surface area contributed by atoms with E-state index in [1.54, 1.807) is 18.0 Å². The highest BCUT2D eigenvalue weighted by atomic mass is 19.1. The number of aryl methyl sites for hydroxylation is 1. The van der Waals surface area contributed by atoms with Gasteiger partial charge in [-0.25, -0.2) is 4.98 Å². The highest BCUT2D eigenvalue weighted by Crippen LogP contribution is 2.40. The van der Waals surface area contributed by atoms with Crippen LogP contribution in [0.5, 0.6) is 0 Å². The summed E-state index contributed by atoms with van der Waals surface area (Å²) >= 11 is 0. The number of aromatic nitrogens is 3. The molecule has 0 saturated heterocycles. The first-order chi connectivity index (χ1) is 15.4. The van der Waals surface area contributed by atoms with Crippen LogP contribution in [0.3, 0.4) is 0 Å². The maximum atomic E-state index is 13.0. The van der Waals surface area contributed by atoms with E-state index in [9.17, 15) is 14.3 Å². The van der Waals surface area contributed by atoms with Crippen molar-refractivity contribution in [3.8, 4) is 0 Å². The molecule has 7 heteroatoms. The first kappa shape index (κ1) is 22.1. The molecule has 32 heavy (non-hydrogen) atoms. The van der Waals surface area contributed by atoms with Crippen LogP contribution in [0.2, 0.25) is 0 Å². The van der Waals surface area contributed by atoms with Gasteiger partial charge in [0.15, 0.2) is 0 Å². The van der Waals surface area contributed by atoms with Crippen LogP contribution in [-0.4, -0.2) is 38.1 Å². The molecule has 1 amide bonds. The second kappa shape index (κ2) is 9.61. The van der Waals surface area contributed by atoms with Crippen LogP contribution in [0.1, 0.15) is 58.2 Å². The minimum atomic E-state index is -0.609. The van der Waals surface area contributed by atoms with E-state index in [4.69, 9.17) is 0 Å². The SMILES string of the molecule is Cc1cc(CN(C)C(=O)c2ccc(C[C@@H]3CC[C@H]([C@H](O)c4ccc(F)nc4)C3)cc2)n[nH]1. The molecular weight excluding hydrogens is 407 g/mol. The molecule has 1 fully saturated rings. The Labute approximate surface area is 187 Å². The van der Waals surface area contributed by atoms with Crippen LogP contribution >= 0.6 is 0 Å². The lowest BCUT2D eigenvalue weighted by atomic mass is 9.92. The number of aliphatic hydroxyl groups is 1. The lowest BCUT2D eigenvalue weighted by molar-refractivity contribution is 0.0783. The number of H-pyrrole nitrogens is 1. The van der Waals surface area contributed by atoms with Gasteiger partial charge in [0.05, 0.1) is 18.3 Å². The van der Waals surface area contributed by atoms with E-state index in [1.165, 1.54) is 17.8 Å². The van der Waals surface area contributed by atoms with Crippen molar-refractivity contribution in [2.75, 3.05) is 7.05 Å². The van der Waals surface area contributed by atoms with Crippen molar-refractivity contribution in [3.05, 3.63) is 82.7 Å². The third-order valence-electron chi connectivity index (χ3n) is 6.35. The summed E-state index contributed by atoms with van der Waals surface area (Å²) in [5.74, 6) is 0.0754. The zero-order valence-electron chi connectivity index (χ0n) is 18.5. The molecule has 2 N–H and O–H groups in total. The number of nitrogens with one attached hydrogen (secondary N) is 1. The van der Waals surface area contributed by atoms with Crippen LogP contribution in [0.25, 0.3) is 0 Å². The number of rotatable bonds is 7. The largest absolute Gasteiger partial charge is 0.388 e. The second-order valence-corrected chi connectivity index (χ2v) is 8.90. The Balaban J connectivity index is 1.30. The second-order valence-electron chi connectivity index (χ2n) is 8.90. The van der Waals surface area contributed by atoms with E-state index >= 15 is 0 Å². The molecule has 6 nitrogen and oxygen atoms in total. The fourth-order valence-electron chi connectivity index (χ4n) is 4.63. The first-order valence-corrected chi connectivity index (χ1v) is 11.0. The van der Waals surface area contributed by atoms with Gasteiger partial charge in [0.2, 0.25) is 5.95 Å². The standard InChI is InChI=1S/C25H29FN4O2/c1-16-11-22(29-28-16)15-30(2)25(32)19-6-3-17(4-7-19)12-18-5-8-20(13-18)24(31)21-9-10-23(26)27-14-21/h3-4,6-7,9-11,14,18,20,24,31H,5,8,12-13,15H2,1-2H3,(H,28,29)/t18-,20-,24-/m0/s1. The number of aliphatic hydroxyl groups excluding tert-OH is 1. The van der Waals surface area contributed by atoms with E-state index in [-0.39, 0.29) is 11.8 Å². The minimum Gasteiger partial charge on any atom is -0.388 e. The van der Waals surface area contributed by atoms with E-state index in [0.29, 0.717) is 23.6 Å². The molecule has 168 valence electrons. The summed E-state index contributed by atoms with van der Waals surface area (Å²) in [5.41, 5.74) is 4.34. The summed E-state index contributed by atoms with van der Waals surface area (Å²) in [6.45, 7) is 2.39. The molecule has 1 saturated carbocycles. The Kier molecular flexibility index (Phi) is 6.65. The van der Waals surface area contributed by atoms with Crippen molar-refractivity contribution < 1.29 is 14.3 Å². The third-order valence-corrected chi connectivity index (χ3v) is 6.35. The minimum absolute atomic E-state index is 0.0332. The average Bonchev–Trinajstić information content (AvgIpc) is 3.42. The van der Waals surface area contributed by atoms with Gasteiger partial charge in [-0.1, -0.05) is 18.2 Å². The number of hydrogen-bond acceptors (Lipinski definition) is 4. The van der Waals surface area contributed by atoms with Gasteiger partial charge in [-0.3, -0.25) is 9.89 Å². The Hall–Kier alpha value is -3.06. The van der Waals surface area contributed by atoms with Gasteiger partial charge in [0, 0.05) is 24.5 Å². The summed E-state index contributed by atoms with van der Waals surface area (Å²) < 4.78 is 13.0. The number of nitrogens with zero attached hydrogens (tertiary/aromatic N) is 3. The predicted octanol–water partition coefficient (Wildman–Crippen LogP) is 4.22. The number of pyridine rings is 1. The number of amides is 1. The highest BCUT2D eigenvalue weighted by molar-refractivity contribution is 5.94. The summed E-state index contributed by atoms with van der Waals surface area (Å²) in [7, 11) is 1.78. The van der Waals surface area contributed by atoms with Crippen molar-refractivity contribution in [2.45, 2.75) is 45.3 Å². The topological polar surface area (TPSA) is 82.1 Å². The van der Waals surface area contributed by atoms with Crippen molar-refractivity contribution in [1.29, 1.82) is 0 Å². The quantitative estimate of drug-likeness (QED) is 0.544. The highest BCUT2D eigenvalue weighted by Gasteiger charge is 2.31. The number of carbonyl (C=O) groups is 1. The number of carbonyl (C=O) groups excluding carboxylic acids is 1. The average molecular weight is 437 g/mol. The van der Waals surface area contributed by atoms with Crippen molar-refractivity contribution >= 4 is 5.91 Å². The molecular formula is C25H29FN4O2. The van der Waals surface area contributed by atoms with Crippen LogP contribution < -0.4 is 0 Å². The summed E-state index contributed by atoms with van der Waals surface area (Å²) in [6, 6.07) is 12.7.